The Hall–Kier alpha value is -0.283. The van der Waals surface area contributed by atoms with Crippen LogP contribution in [0, 0.1) is 11.3 Å². The van der Waals surface area contributed by atoms with Crippen molar-refractivity contribution in [3.63, 3.8) is 0 Å². The molecule has 0 aromatic carbocycles. The van der Waals surface area contributed by atoms with Gasteiger partial charge < -0.3 is 9.53 Å². The maximum atomic E-state index is 9.68. The highest BCUT2D eigenvalue weighted by Gasteiger charge is 2.32. The van der Waals surface area contributed by atoms with Gasteiger partial charge in [0.25, 0.3) is 0 Å². The lowest BCUT2D eigenvalue weighted by Gasteiger charge is -2.24. The average molecular weight is 200 g/mol. The van der Waals surface area contributed by atoms with Crippen LogP contribution < -0.4 is 0 Å². The van der Waals surface area contributed by atoms with Crippen LogP contribution in [0.3, 0.4) is 0 Å². The third kappa shape index (κ3) is 2.58. The molecule has 1 aliphatic rings. The molecule has 0 aliphatic heterocycles. The van der Waals surface area contributed by atoms with Gasteiger partial charge in [-0.05, 0) is 30.4 Å². The topological polar surface area (TPSA) is 29.5 Å². The fraction of sp³-hybridized carbons (Fsp3) is 0.800. The van der Waals surface area contributed by atoms with E-state index in [4.69, 9.17) is 4.43 Å². The molecular weight excluding hydrogens is 180 g/mol. The summed E-state index contributed by atoms with van der Waals surface area (Å²) in [7, 11) is -0.442. The lowest BCUT2D eigenvalue weighted by Crippen LogP contribution is -2.18. The lowest BCUT2D eigenvalue weighted by molar-refractivity contribution is 0.142. The SMILES string of the molecule is C[SiH2]OC1=CC(C(C)(C)C)CC1O. The first kappa shape index (κ1) is 10.8. The summed E-state index contributed by atoms with van der Waals surface area (Å²) in [5.41, 5.74) is 0.237. The molecule has 0 saturated carbocycles. The van der Waals surface area contributed by atoms with Crippen LogP contribution in [0.2, 0.25) is 6.55 Å². The summed E-state index contributed by atoms with van der Waals surface area (Å²) in [5, 5.41) is 9.68. The van der Waals surface area contributed by atoms with Gasteiger partial charge in [-0.3, -0.25) is 0 Å². The molecule has 0 heterocycles. The van der Waals surface area contributed by atoms with Crippen LogP contribution in [0.5, 0.6) is 0 Å². The third-order valence-corrected chi connectivity index (χ3v) is 3.22. The maximum absolute atomic E-state index is 9.68. The van der Waals surface area contributed by atoms with Crippen molar-refractivity contribution < 1.29 is 9.53 Å². The van der Waals surface area contributed by atoms with Crippen LogP contribution in [0.4, 0.5) is 0 Å². The van der Waals surface area contributed by atoms with E-state index in [1.807, 2.05) is 0 Å². The Morgan fingerprint density at radius 2 is 2.15 bits per heavy atom. The Bertz CT molecular complexity index is 205. The van der Waals surface area contributed by atoms with E-state index in [9.17, 15) is 5.11 Å². The van der Waals surface area contributed by atoms with Crippen molar-refractivity contribution in [2.45, 2.75) is 39.8 Å². The van der Waals surface area contributed by atoms with Gasteiger partial charge in [-0.2, -0.15) is 0 Å². The van der Waals surface area contributed by atoms with Gasteiger partial charge in [-0.15, -0.1) is 0 Å². The highest BCUT2D eigenvalue weighted by Crippen LogP contribution is 2.37. The summed E-state index contributed by atoms with van der Waals surface area (Å²) < 4.78 is 5.49. The predicted octanol–water partition coefficient (Wildman–Crippen LogP) is 1.45. The zero-order valence-corrected chi connectivity index (χ0v) is 10.4. The largest absolute Gasteiger partial charge is 0.551 e. The molecule has 0 amide bonds. The van der Waals surface area contributed by atoms with Crippen molar-refractivity contribution in [2.24, 2.45) is 11.3 Å². The Labute approximate surface area is 82.9 Å². The molecule has 0 saturated heterocycles. The number of hydrogen-bond acceptors (Lipinski definition) is 2. The zero-order chi connectivity index (χ0) is 10.1. The Kier molecular flexibility index (Phi) is 3.19. The average Bonchev–Trinajstić information content (AvgIpc) is 2.32. The first-order valence-electron chi connectivity index (χ1n) is 4.97. The molecule has 0 spiro atoms. The second kappa shape index (κ2) is 3.84. The van der Waals surface area contributed by atoms with E-state index < -0.39 is 9.76 Å². The van der Waals surface area contributed by atoms with Crippen molar-refractivity contribution in [2.75, 3.05) is 0 Å². The van der Waals surface area contributed by atoms with Gasteiger partial charge in [0.2, 0.25) is 9.76 Å². The van der Waals surface area contributed by atoms with Crippen molar-refractivity contribution in [3.8, 4) is 0 Å². The molecule has 2 nitrogen and oxygen atoms in total. The zero-order valence-electron chi connectivity index (χ0n) is 9.00. The normalized spacial score (nSPS) is 29.8. The summed E-state index contributed by atoms with van der Waals surface area (Å²) in [6.45, 7) is 8.69. The quantitative estimate of drug-likeness (QED) is 0.684. The summed E-state index contributed by atoms with van der Waals surface area (Å²) >= 11 is 0. The molecule has 76 valence electrons. The number of rotatable bonds is 2. The van der Waals surface area contributed by atoms with Crippen LogP contribution >= 0.6 is 0 Å². The van der Waals surface area contributed by atoms with E-state index in [2.05, 4.69) is 33.4 Å². The first-order valence-corrected chi connectivity index (χ1v) is 6.97. The molecule has 1 N–H and O–H groups in total. The van der Waals surface area contributed by atoms with E-state index >= 15 is 0 Å². The number of hydrogen-bond donors (Lipinski definition) is 1. The van der Waals surface area contributed by atoms with Crippen LogP contribution in [0.15, 0.2) is 11.8 Å². The summed E-state index contributed by atoms with van der Waals surface area (Å²) in [5.74, 6) is 1.28. The first-order chi connectivity index (χ1) is 5.95. The third-order valence-electron chi connectivity index (χ3n) is 2.59. The minimum Gasteiger partial charge on any atom is -0.551 e. The van der Waals surface area contributed by atoms with Crippen LogP contribution in [0.1, 0.15) is 27.2 Å². The highest BCUT2D eigenvalue weighted by atomic mass is 28.2. The Morgan fingerprint density at radius 3 is 2.54 bits per heavy atom. The van der Waals surface area contributed by atoms with Gasteiger partial charge in [-0.25, -0.2) is 0 Å². The predicted molar refractivity (Wildman–Crippen MR) is 57.1 cm³/mol. The van der Waals surface area contributed by atoms with Crippen molar-refractivity contribution in [1.82, 2.24) is 0 Å². The van der Waals surface area contributed by atoms with E-state index in [0.717, 1.165) is 12.2 Å². The fourth-order valence-corrected chi connectivity index (χ4v) is 2.27. The molecule has 0 aromatic rings. The standard InChI is InChI=1S/C10H20O2Si/c1-10(2,3)7-5-8(11)9(6-7)12-13-4/h6-8,11H,5,13H2,1-4H3. The summed E-state index contributed by atoms with van der Waals surface area (Å²) in [6, 6.07) is 0. The van der Waals surface area contributed by atoms with Crippen molar-refractivity contribution in [3.05, 3.63) is 11.8 Å². The van der Waals surface area contributed by atoms with Gasteiger partial charge in [0.1, 0.15) is 11.9 Å². The molecule has 0 bridgehead atoms. The molecule has 0 aromatic heterocycles. The van der Waals surface area contributed by atoms with Crippen LogP contribution in [-0.4, -0.2) is 21.0 Å². The monoisotopic (exact) mass is 200 g/mol. The van der Waals surface area contributed by atoms with E-state index in [1.54, 1.807) is 0 Å². The van der Waals surface area contributed by atoms with E-state index in [-0.39, 0.29) is 11.5 Å². The van der Waals surface area contributed by atoms with Crippen molar-refractivity contribution in [1.29, 1.82) is 0 Å². The Balaban J connectivity index is 2.66. The second-order valence-electron chi connectivity index (χ2n) is 4.73. The second-order valence-corrected chi connectivity index (χ2v) is 5.59. The van der Waals surface area contributed by atoms with Gasteiger partial charge in [0, 0.05) is 0 Å². The highest BCUT2D eigenvalue weighted by molar-refractivity contribution is 6.25. The lowest BCUT2D eigenvalue weighted by atomic mass is 9.80. The Morgan fingerprint density at radius 1 is 1.54 bits per heavy atom. The van der Waals surface area contributed by atoms with E-state index in [0.29, 0.717) is 5.92 Å². The summed E-state index contributed by atoms with van der Waals surface area (Å²) in [6.07, 6.45) is 2.59. The molecule has 3 heteroatoms. The molecule has 0 radical (unpaired) electrons. The van der Waals surface area contributed by atoms with Crippen molar-refractivity contribution >= 4 is 9.76 Å². The summed E-state index contributed by atoms with van der Waals surface area (Å²) in [4.78, 5) is 0. The maximum Gasteiger partial charge on any atom is 0.216 e. The van der Waals surface area contributed by atoms with Gasteiger partial charge in [-0.1, -0.05) is 20.8 Å². The molecule has 1 rings (SSSR count). The number of aliphatic hydroxyl groups excluding tert-OH is 1. The molecular formula is C10H20O2Si. The van der Waals surface area contributed by atoms with Gasteiger partial charge >= 0.3 is 0 Å². The number of aliphatic hydroxyl groups is 1. The minimum absolute atomic E-state index is 0.237. The molecule has 0 fully saturated rings. The fourth-order valence-electron chi connectivity index (χ4n) is 1.65. The van der Waals surface area contributed by atoms with Crippen LogP contribution in [0.25, 0.3) is 0 Å². The minimum atomic E-state index is -0.442. The molecule has 13 heavy (non-hydrogen) atoms. The van der Waals surface area contributed by atoms with Gasteiger partial charge in [0.05, 0.1) is 0 Å². The molecule has 1 aliphatic carbocycles. The van der Waals surface area contributed by atoms with Gasteiger partial charge in [0.15, 0.2) is 0 Å². The smallest absolute Gasteiger partial charge is 0.216 e. The molecule has 2 unspecified atom stereocenters. The van der Waals surface area contributed by atoms with Crippen LogP contribution in [-0.2, 0) is 4.43 Å². The number of allylic oxidation sites excluding steroid dienone is 1. The molecule has 2 atom stereocenters. The van der Waals surface area contributed by atoms with E-state index in [1.165, 1.54) is 0 Å².